The number of phenolic OH excluding ortho intramolecular Hbond substituents is 1. The number of piperidine rings is 1. The zero-order chi connectivity index (χ0) is 34.1. The molecule has 5 aliphatic heterocycles. The van der Waals surface area contributed by atoms with Crippen molar-refractivity contribution in [3.63, 3.8) is 0 Å². The predicted molar refractivity (Wildman–Crippen MR) is 172 cm³/mol. The number of benzene rings is 2. The van der Waals surface area contributed by atoms with Gasteiger partial charge in [-0.1, -0.05) is 17.9 Å². The largest absolute Gasteiger partial charge is 0.508 e. The van der Waals surface area contributed by atoms with E-state index >= 15 is 13.2 Å². The molecule has 1 amide bonds. The normalized spacial score (nSPS) is 26.7. The highest BCUT2D eigenvalue weighted by molar-refractivity contribution is 6.03. The summed E-state index contributed by atoms with van der Waals surface area (Å²) in [7, 11) is 0. The number of nitrogens with zero attached hydrogens (tertiary/aromatic N) is 5. The summed E-state index contributed by atoms with van der Waals surface area (Å²) in [4.78, 5) is 30.0. The topological polar surface area (TPSA) is 113 Å². The first-order valence-corrected chi connectivity index (χ1v) is 16.2. The van der Waals surface area contributed by atoms with E-state index in [0.717, 1.165) is 19.4 Å². The van der Waals surface area contributed by atoms with Gasteiger partial charge in [-0.05, 0) is 49.9 Å². The van der Waals surface area contributed by atoms with Crippen molar-refractivity contribution in [1.29, 1.82) is 0 Å². The first-order chi connectivity index (χ1) is 23.5. The molecule has 4 aromatic rings. The maximum Gasteiger partial charge on any atom is 0.408 e. The smallest absolute Gasteiger partial charge is 0.408 e. The predicted octanol–water partition coefficient (Wildman–Crippen LogP) is 5.18. The molecule has 49 heavy (non-hydrogen) atoms. The molecular weight excluding hydrogens is 644 g/mol. The molecule has 4 atom stereocenters. The highest BCUT2D eigenvalue weighted by atomic mass is 19.1. The van der Waals surface area contributed by atoms with E-state index < -0.39 is 47.8 Å². The fourth-order valence-corrected chi connectivity index (χ4v) is 8.00. The van der Waals surface area contributed by atoms with Crippen LogP contribution in [0.15, 0.2) is 30.5 Å². The maximum atomic E-state index is 16.9. The lowest BCUT2D eigenvalue weighted by atomic mass is 9.90. The van der Waals surface area contributed by atoms with E-state index in [-0.39, 0.29) is 83.2 Å². The number of hydrogen-bond donors (Lipinski definition) is 2. The third-order valence-corrected chi connectivity index (χ3v) is 10.0. The Morgan fingerprint density at radius 3 is 2.86 bits per heavy atom. The Morgan fingerprint density at radius 2 is 2.00 bits per heavy atom. The Hall–Kier alpha value is -4.90. The number of aromatic nitrogens is 3. The summed E-state index contributed by atoms with van der Waals surface area (Å²) in [6.45, 7) is 2.28. The first-order valence-electron chi connectivity index (χ1n) is 16.2. The minimum atomic E-state index is -1.42. The second kappa shape index (κ2) is 11.6. The van der Waals surface area contributed by atoms with Crippen molar-refractivity contribution in [2.24, 2.45) is 0 Å². The van der Waals surface area contributed by atoms with Crippen LogP contribution in [0.3, 0.4) is 0 Å². The molecule has 10 nitrogen and oxygen atoms in total. The van der Waals surface area contributed by atoms with Crippen LogP contribution in [0.5, 0.6) is 11.8 Å². The highest BCUT2D eigenvalue weighted by Gasteiger charge is 2.49. The van der Waals surface area contributed by atoms with Crippen LogP contribution >= 0.6 is 0 Å². The van der Waals surface area contributed by atoms with Crippen molar-refractivity contribution in [3.8, 4) is 34.9 Å². The molecule has 9 rings (SSSR count). The summed E-state index contributed by atoms with van der Waals surface area (Å²) in [6, 6.07) is 5.04. The van der Waals surface area contributed by atoms with Gasteiger partial charge in [-0.25, -0.2) is 22.4 Å². The number of hydrogen-bond acceptors (Lipinski definition) is 9. The number of rotatable bonds is 3. The second-order valence-corrected chi connectivity index (χ2v) is 13.6. The molecule has 5 aliphatic rings. The number of amides is 1. The maximum absolute atomic E-state index is 16.9. The van der Waals surface area contributed by atoms with E-state index in [0.29, 0.717) is 11.9 Å². The Bertz CT molecular complexity index is 2090. The Morgan fingerprint density at radius 1 is 1.16 bits per heavy atom. The average molecular weight is 677 g/mol. The van der Waals surface area contributed by atoms with Gasteiger partial charge in [0, 0.05) is 43.1 Å². The van der Waals surface area contributed by atoms with Crippen molar-refractivity contribution in [1.82, 2.24) is 25.2 Å². The van der Waals surface area contributed by atoms with Gasteiger partial charge in [-0.15, -0.1) is 0 Å². The van der Waals surface area contributed by atoms with Gasteiger partial charge in [-0.2, -0.15) is 9.97 Å². The fraction of sp³-hybridized carbons (Fsp3) is 0.429. The monoisotopic (exact) mass is 676 g/mol. The molecule has 0 aliphatic carbocycles. The number of nitrogens with one attached hydrogen (secondary N) is 1. The lowest BCUT2D eigenvalue weighted by Gasteiger charge is -2.42. The van der Waals surface area contributed by atoms with Gasteiger partial charge >= 0.3 is 12.1 Å². The number of carbonyl (C=O) groups is 1. The third kappa shape index (κ3) is 5.50. The molecule has 0 unspecified atom stereocenters. The lowest BCUT2D eigenvalue weighted by molar-refractivity contribution is 0.107. The van der Waals surface area contributed by atoms with Crippen LogP contribution in [0, 0.1) is 23.5 Å². The van der Waals surface area contributed by atoms with Gasteiger partial charge in [-0.3, -0.25) is 9.88 Å². The molecule has 0 radical (unpaired) electrons. The zero-order valence-corrected chi connectivity index (χ0v) is 26.5. The first kappa shape index (κ1) is 31.4. The minimum Gasteiger partial charge on any atom is -0.508 e. The van der Waals surface area contributed by atoms with Crippen LogP contribution in [0.2, 0.25) is 0 Å². The van der Waals surface area contributed by atoms with Crippen LogP contribution < -0.4 is 15.0 Å². The van der Waals surface area contributed by atoms with Crippen molar-refractivity contribution in [2.75, 3.05) is 44.3 Å². The molecule has 0 spiro atoms. The number of ether oxygens (including phenoxy) is 2. The molecule has 7 heterocycles. The van der Waals surface area contributed by atoms with Gasteiger partial charge in [0.1, 0.15) is 47.5 Å². The molecule has 3 fully saturated rings. The third-order valence-electron chi connectivity index (χ3n) is 10.0. The fourth-order valence-electron chi connectivity index (χ4n) is 8.00. The number of carbonyl (C=O) groups excluding carboxylic acids is 1. The van der Waals surface area contributed by atoms with E-state index in [1.165, 1.54) is 30.5 Å². The highest BCUT2D eigenvalue weighted by Crippen LogP contribution is 2.42. The zero-order valence-electron chi connectivity index (χ0n) is 26.5. The lowest BCUT2D eigenvalue weighted by Crippen LogP contribution is -2.60. The van der Waals surface area contributed by atoms with Gasteiger partial charge in [0.2, 0.25) is 0 Å². The summed E-state index contributed by atoms with van der Waals surface area (Å²) in [5, 5.41) is 14.0. The molecule has 6 bridgehead atoms. The van der Waals surface area contributed by atoms with Gasteiger partial charge < -0.3 is 24.8 Å². The number of alkyl carbamates (subject to hydrolysis) is 1. The quantitative estimate of drug-likeness (QED) is 0.224. The number of anilines is 1. The van der Waals surface area contributed by atoms with Crippen LogP contribution in [0.25, 0.3) is 32.9 Å². The molecule has 2 aromatic heterocycles. The number of alkyl halides is 2. The Balaban J connectivity index is 1.34. The van der Waals surface area contributed by atoms with E-state index in [4.69, 9.17) is 9.47 Å². The molecule has 2 N–H and O–H groups in total. The summed E-state index contributed by atoms with van der Waals surface area (Å²) in [6.07, 6.45) is -0.0735. The van der Waals surface area contributed by atoms with Crippen molar-refractivity contribution in [2.45, 2.75) is 56.0 Å². The standard InChI is InChI=1S/C35H32F4N6O4/c1-34-12-20(36)15-44(17-34)31-25-14-40-29(28(39)30(25)41-32(42-31)49-18-35-7-3-8-45(35)16-21(37)13-35)24-11-22(46)10-19-5-6-26(38)23(27(19)24)4-2-9-48-33(47)43-34/h5-6,10-11,14,20-21,46H,3,7-9,12-13,15-18H2,1H3,(H,43,47)/t20-,21-,34-,35+/m1/s1. The SMILES string of the molecule is C[C@@]12C[C@@H](F)CN(C1)c1nc(OC[C@@]34CCCN3C[C@H](F)C4)nc3c(F)c(ncc13)-c1cc(O)cc3ccc(F)c(c13)C#CCOC(=O)N2. The molecular formula is C35H32F4N6O4. The number of pyridine rings is 1. The summed E-state index contributed by atoms with van der Waals surface area (Å²) >= 11 is 0. The number of fused-ring (bicyclic) bond motifs is 6. The van der Waals surface area contributed by atoms with Crippen molar-refractivity contribution >= 4 is 33.6 Å². The number of aromatic hydroxyl groups is 1. The van der Waals surface area contributed by atoms with Crippen molar-refractivity contribution < 1.29 is 36.9 Å². The summed E-state index contributed by atoms with van der Waals surface area (Å²) in [5.41, 5.74) is -2.23. The van der Waals surface area contributed by atoms with E-state index in [1.54, 1.807) is 11.8 Å². The van der Waals surface area contributed by atoms with Crippen molar-refractivity contribution in [3.05, 3.63) is 47.7 Å². The van der Waals surface area contributed by atoms with E-state index in [1.807, 2.05) is 0 Å². The summed E-state index contributed by atoms with van der Waals surface area (Å²) in [5.74, 6) is 3.59. The number of halogens is 4. The molecule has 14 heteroatoms. The molecule has 3 saturated heterocycles. The van der Waals surface area contributed by atoms with Crippen LogP contribution in [0.1, 0.15) is 38.2 Å². The Kier molecular flexibility index (Phi) is 7.44. The van der Waals surface area contributed by atoms with Crippen LogP contribution in [-0.2, 0) is 4.74 Å². The van der Waals surface area contributed by atoms with E-state index in [2.05, 4.69) is 37.0 Å². The van der Waals surface area contributed by atoms with Crippen LogP contribution in [0.4, 0.5) is 28.2 Å². The van der Waals surface area contributed by atoms with Gasteiger partial charge in [0.25, 0.3) is 0 Å². The van der Waals surface area contributed by atoms with Gasteiger partial charge in [0.15, 0.2) is 12.4 Å². The number of phenols is 1. The second-order valence-electron chi connectivity index (χ2n) is 13.6. The molecule has 2 aromatic carbocycles. The summed E-state index contributed by atoms with van der Waals surface area (Å²) < 4.78 is 73.7. The molecule has 254 valence electrons. The van der Waals surface area contributed by atoms with Gasteiger partial charge in [0.05, 0.1) is 28.6 Å². The Labute approximate surface area is 278 Å². The van der Waals surface area contributed by atoms with E-state index in [9.17, 15) is 14.3 Å². The molecule has 0 saturated carbocycles. The average Bonchev–Trinajstić information content (AvgIpc) is 3.57. The van der Waals surface area contributed by atoms with Crippen LogP contribution in [-0.4, -0.2) is 93.9 Å². The minimum absolute atomic E-state index is 0.0395.